The van der Waals surface area contributed by atoms with Crippen LogP contribution in [0.25, 0.3) is 0 Å². The smallest absolute Gasteiger partial charge is 0.319 e. The minimum absolute atomic E-state index is 0.0470. The molecule has 0 aliphatic carbocycles. The molecule has 0 spiro atoms. The predicted octanol–water partition coefficient (Wildman–Crippen LogP) is 1.18. The molecule has 0 radical (unpaired) electrons. The highest BCUT2D eigenvalue weighted by Crippen LogP contribution is 2.20. The number of carbonyl (C=O) groups is 2. The largest absolute Gasteiger partial charge is 0.331 e. The van der Waals surface area contributed by atoms with Gasteiger partial charge >= 0.3 is 6.03 Å². The van der Waals surface area contributed by atoms with Crippen molar-refractivity contribution in [3.8, 4) is 0 Å². The summed E-state index contributed by atoms with van der Waals surface area (Å²) in [5.41, 5.74) is 0. The van der Waals surface area contributed by atoms with Crippen molar-refractivity contribution >= 4 is 28.4 Å². The lowest BCUT2D eigenvalue weighted by molar-refractivity contribution is -0.121. The average molecular weight is 297 g/mol. The minimum Gasteiger partial charge on any atom is -0.331 e. The highest BCUT2D eigenvalue weighted by atomic mass is 32.1. The third-order valence-electron chi connectivity index (χ3n) is 3.20. The number of hydrogen-bond donors (Lipinski definition) is 1. The fraction of sp³-hybridized carbons (Fsp3) is 0.667. The standard InChI is InChI=1S/C12H19N5O2S/c1-8-14-15-11(20-8)13-10(18)9-5-4-6-17(7-9)12(19)16(2)3/h9H,4-7H2,1-3H3,(H,13,15,18). The topological polar surface area (TPSA) is 78.4 Å². The van der Waals surface area contributed by atoms with Crippen LogP contribution in [0.3, 0.4) is 0 Å². The van der Waals surface area contributed by atoms with Gasteiger partial charge in [-0.3, -0.25) is 4.79 Å². The lowest BCUT2D eigenvalue weighted by Gasteiger charge is -2.33. The molecule has 1 saturated heterocycles. The molecule has 1 N–H and O–H groups in total. The average Bonchev–Trinajstić information content (AvgIpc) is 2.83. The van der Waals surface area contributed by atoms with Crippen LogP contribution in [0.1, 0.15) is 17.8 Å². The Labute approximate surface area is 122 Å². The summed E-state index contributed by atoms with van der Waals surface area (Å²) in [6, 6.07) is -0.0470. The molecule has 3 amide bonds. The monoisotopic (exact) mass is 297 g/mol. The van der Waals surface area contributed by atoms with E-state index < -0.39 is 0 Å². The molecule has 2 rings (SSSR count). The molecular formula is C12H19N5O2S. The van der Waals surface area contributed by atoms with E-state index in [1.54, 1.807) is 19.0 Å². The van der Waals surface area contributed by atoms with Crippen LogP contribution in [0.15, 0.2) is 0 Å². The van der Waals surface area contributed by atoms with Crippen LogP contribution in [-0.4, -0.2) is 59.1 Å². The quantitative estimate of drug-likeness (QED) is 0.889. The number of carbonyl (C=O) groups excluding carboxylic acids is 2. The van der Waals surface area contributed by atoms with E-state index in [1.807, 2.05) is 6.92 Å². The Bertz CT molecular complexity index is 502. The number of likely N-dealkylation sites (tertiary alicyclic amines) is 1. The Morgan fingerprint density at radius 1 is 1.40 bits per heavy atom. The fourth-order valence-corrected chi connectivity index (χ4v) is 2.80. The Kier molecular flexibility index (Phi) is 4.53. The predicted molar refractivity (Wildman–Crippen MR) is 76.7 cm³/mol. The molecule has 110 valence electrons. The Morgan fingerprint density at radius 2 is 2.15 bits per heavy atom. The molecule has 1 aromatic heterocycles. The van der Waals surface area contributed by atoms with Gasteiger partial charge in [0, 0.05) is 27.2 Å². The van der Waals surface area contributed by atoms with Crippen molar-refractivity contribution in [2.45, 2.75) is 19.8 Å². The molecule has 2 heterocycles. The number of urea groups is 1. The molecule has 7 nitrogen and oxygen atoms in total. The maximum Gasteiger partial charge on any atom is 0.319 e. The van der Waals surface area contributed by atoms with Gasteiger partial charge in [0.25, 0.3) is 0 Å². The van der Waals surface area contributed by atoms with Crippen LogP contribution in [0.5, 0.6) is 0 Å². The third-order valence-corrected chi connectivity index (χ3v) is 3.96. The molecule has 1 atom stereocenters. The molecule has 1 fully saturated rings. The second-order valence-corrected chi connectivity index (χ2v) is 6.26. The summed E-state index contributed by atoms with van der Waals surface area (Å²) < 4.78 is 0. The van der Waals surface area contributed by atoms with Crippen LogP contribution < -0.4 is 5.32 Å². The molecule has 20 heavy (non-hydrogen) atoms. The summed E-state index contributed by atoms with van der Waals surface area (Å²) in [6.45, 7) is 3.00. The van der Waals surface area contributed by atoms with Crippen LogP contribution in [-0.2, 0) is 4.79 Å². The summed E-state index contributed by atoms with van der Waals surface area (Å²) in [5.74, 6) is -0.269. The number of aromatic nitrogens is 2. The van der Waals surface area contributed by atoms with Gasteiger partial charge in [0.2, 0.25) is 11.0 Å². The summed E-state index contributed by atoms with van der Waals surface area (Å²) in [6.07, 6.45) is 1.63. The van der Waals surface area contributed by atoms with E-state index in [0.29, 0.717) is 18.2 Å². The van der Waals surface area contributed by atoms with Crippen LogP contribution in [0, 0.1) is 12.8 Å². The van der Waals surface area contributed by atoms with Gasteiger partial charge in [0.05, 0.1) is 5.92 Å². The van der Waals surface area contributed by atoms with Crippen molar-refractivity contribution in [2.24, 2.45) is 5.92 Å². The van der Waals surface area contributed by atoms with Gasteiger partial charge in [-0.15, -0.1) is 10.2 Å². The van der Waals surface area contributed by atoms with Crippen LogP contribution in [0.2, 0.25) is 0 Å². The van der Waals surface area contributed by atoms with E-state index in [0.717, 1.165) is 17.8 Å². The van der Waals surface area contributed by atoms with Crippen molar-refractivity contribution in [1.29, 1.82) is 0 Å². The van der Waals surface area contributed by atoms with Crippen molar-refractivity contribution < 1.29 is 9.59 Å². The first-order valence-corrected chi connectivity index (χ1v) is 7.36. The first-order valence-electron chi connectivity index (χ1n) is 6.54. The van der Waals surface area contributed by atoms with Crippen LogP contribution >= 0.6 is 11.3 Å². The summed E-state index contributed by atoms with van der Waals surface area (Å²) >= 11 is 1.35. The fourth-order valence-electron chi connectivity index (χ4n) is 2.20. The van der Waals surface area contributed by atoms with Crippen molar-refractivity contribution in [3.05, 3.63) is 5.01 Å². The summed E-state index contributed by atoms with van der Waals surface area (Å²) in [5, 5.41) is 11.9. The first-order chi connectivity index (χ1) is 9.47. The van der Waals surface area contributed by atoms with Crippen molar-refractivity contribution in [1.82, 2.24) is 20.0 Å². The lowest BCUT2D eigenvalue weighted by atomic mass is 9.97. The highest BCUT2D eigenvalue weighted by molar-refractivity contribution is 7.15. The van der Waals surface area contributed by atoms with E-state index in [1.165, 1.54) is 16.2 Å². The van der Waals surface area contributed by atoms with Gasteiger partial charge in [0.15, 0.2) is 0 Å². The van der Waals surface area contributed by atoms with E-state index >= 15 is 0 Å². The van der Waals surface area contributed by atoms with Crippen molar-refractivity contribution in [3.63, 3.8) is 0 Å². The molecule has 1 aliphatic rings. The van der Waals surface area contributed by atoms with Crippen LogP contribution in [0.4, 0.5) is 9.93 Å². The van der Waals surface area contributed by atoms with E-state index in [-0.39, 0.29) is 17.9 Å². The van der Waals surface area contributed by atoms with Gasteiger partial charge < -0.3 is 15.1 Å². The Morgan fingerprint density at radius 3 is 2.75 bits per heavy atom. The molecule has 1 aromatic rings. The zero-order valence-corrected chi connectivity index (χ0v) is 12.7. The number of rotatable bonds is 2. The van der Waals surface area contributed by atoms with Gasteiger partial charge in [-0.1, -0.05) is 11.3 Å². The Hall–Kier alpha value is -1.70. The molecule has 0 saturated carbocycles. The molecule has 1 aliphatic heterocycles. The normalized spacial score (nSPS) is 18.8. The van der Waals surface area contributed by atoms with Gasteiger partial charge in [-0.05, 0) is 19.8 Å². The molecule has 0 bridgehead atoms. The van der Waals surface area contributed by atoms with E-state index in [9.17, 15) is 9.59 Å². The maximum atomic E-state index is 12.2. The number of aryl methyl sites for hydroxylation is 1. The number of nitrogens with zero attached hydrogens (tertiary/aromatic N) is 4. The number of piperidine rings is 1. The number of anilines is 1. The number of hydrogen-bond acceptors (Lipinski definition) is 5. The number of nitrogens with one attached hydrogen (secondary N) is 1. The number of amides is 3. The second kappa shape index (κ2) is 6.17. The van der Waals surface area contributed by atoms with Gasteiger partial charge in [-0.25, -0.2) is 4.79 Å². The van der Waals surface area contributed by atoms with E-state index in [2.05, 4.69) is 15.5 Å². The molecular weight excluding hydrogens is 278 g/mol. The highest BCUT2D eigenvalue weighted by Gasteiger charge is 2.29. The molecule has 1 unspecified atom stereocenters. The van der Waals surface area contributed by atoms with Gasteiger partial charge in [-0.2, -0.15) is 0 Å². The first kappa shape index (κ1) is 14.7. The zero-order chi connectivity index (χ0) is 14.7. The SMILES string of the molecule is Cc1nnc(NC(=O)C2CCCN(C(=O)N(C)C)C2)s1. The summed E-state index contributed by atoms with van der Waals surface area (Å²) in [7, 11) is 3.44. The zero-order valence-electron chi connectivity index (χ0n) is 11.9. The third kappa shape index (κ3) is 3.44. The van der Waals surface area contributed by atoms with E-state index in [4.69, 9.17) is 0 Å². The van der Waals surface area contributed by atoms with Gasteiger partial charge in [0.1, 0.15) is 5.01 Å². The minimum atomic E-state index is -0.183. The molecule has 8 heteroatoms. The van der Waals surface area contributed by atoms with Crippen molar-refractivity contribution in [2.75, 3.05) is 32.5 Å². The second-order valence-electron chi connectivity index (χ2n) is 5.08. The molecule has 0 aromatic carbocycles. The summed E-state index contributed by atoms with van der Waals surface area (Å²) in [4.78, 5) is 27.4. The lowest BCUT2D eigenvalue weighted by Crippen LogP contribution is -2.47. The Balaban J connectivity index is 1.94. The maximum absolute atomic E-state index is 12.2.